The van der Waals surface area contributed by atoms with Crippen LogP contribution in [0.5, 0.6) is 11.5 Å². The minimum absolute atomic E-state index is 0.577. The molecule has 2 nitrogen and oxygen atoms in total. The van der Waals surface area contributed by atoms with E-state index < -0.39 is 0 Å². The summed E-state index contributed by atoms with van der Waals surface area (Å²) < 4.78 is 10.4. The number of halogens is 2. The molecule has 0 amide bonds. The number of allylic oxidation sites excluding steroid dienone is 1. The number of ether oxygens (including phenoxy) is 2. The van der Waals surface area contributed by atoms with Crippen molar-refractivity contribution in [3.8, 4) is 11.5 Å². The van der Waals surface area contributed by atoms with Gasteiger partial charge in [0.25, 0.3) is 0 Å². The zero-order valence-corrected chi connectivity index (χ0v) is 12.6. The molecule has 0 heterocycles. The molecule has 0 bridgehead atoms. The fraction of sp³-hybridized carbons (Fsp3) is 0.385. The molecular weight excluding hydrogens is 303 g/mol. The van der Waals surface area contributed by atoms with Crippen LogP contribution in [0.2, 0.25) is 5.02 Å². The topological polar surface area (TPSA) is 18.5 Å². The lowest BCUT2D eigenvalue weighted by Gasteiger charge is -2.11. The number of methoxy groups -OCH3 is 2. The second kappa shape index (κ2) is 6.92. The van der Waals surface area contributed by atoms with Crippen molar-refractivity contribution in [3.63, 3.8) is 0 Å². The maximum atomic E-state index is 6.29. The summed E-state index contributed by atoms with van der Waals surface area (Å²) in [5.41, 5.74) is 2.22. The lowest BCUT2D eigenvalue weighted by molar-refractivity contribution is 0.355. The molecule has 17 heavy (non-hydrogen) atoms. The van der Waals surface area contributed by atoms with E-state index in [1.54, 1.807) is 14.2 Å². The normalized spacial score (nSPS) is 11.5. The van der Waals surface area contributed by atoms with Crippen LogP contribution < -0.4 is 9.47 Å². The van der Waals surface area contributed by atoms with Crippen molar-refractivity contribution in [2.75, 3.05) is 19.5 Å². The van der Waals surface area contributed by atoms with Crippen LogP contribution in [0.15, 0.2) is 17.7 Å². The highest BCUT2D eigenvalue weighted by Gasteiger charge is 2.11. The van der Waals surface area contributed by atoms with Gasteiger partial charge in [0.1, 0.15) is 0 Å². The van der Waals surface area contributed by atoms with E-state index in [4.69, 9.17) is 21.1 Å². The maximum absolute atomic E-state index is 6.29. The molecule has 0 N–H and O–H groups in total. The fourth-order valence-corrected chi connectivity index (χ4v) is 2.32. The Hall–Kier alpha value is -0.670. The first-order valence-corrected chi connectivity index (χ1v) is 6.83. The molecule has 0 aliphatic carbocycles. The van der Waals surface area contributed by atoms with Crippen molar-refractivity contribution in [2.45, 2.75) is 13.3 Å². The van der Waals surface area contributed by atoms with Crippen LogP contribution in [0.25, 0.3) is 6.08 Å². The molecule has 0 unspecified atom stereocenters. The van der Waals surface area contributed by atoms with E-state index in [-0.39, 0.29) is 0 Å². The van der Waals surface area contributed by atoms with E-state index in [1.807, 2.05) is 12.1 Å². The van der Waals surface area contributed by atoms with Crippen LogP contribution >= 0.6 is 27.5 Å². The average Bonchev–Trinajstić information content (AvgIpc) is 2.37. The van der Waals surface area contributed by atoms with Gasteiger partial charge in [0.2, 0.25) is 0 Å². The molecular formula is C13H16BrClO2. The van der Waals surface area contributed by atoms with E-state index in [2.05, 4.69) is 28.9 Å². The SMILES string of the molecule is CCC(=Cc1ccc(OC)c(OC)c1Cl)CBr. The fourth-order valence-electron chi connectivity index (χ4n) is 1.47. The molecule has 0 atom stereocenters. The Labute approximate surface area is 116 Å². The average molecular weight is 320 g/mol. The monoisotopic (exact) mass is 318 g/mol. The number of benzene rings is 1. The van der Waals surface area contributed by atoms with Crippen molar-refractivity contribution in [1.82, 2.24) is 0 Å². The number of rotatable bonds is 5. The molecule has 4 heteroatoms. The van der Waals surface area contributed by atoms with Crippen molar-refractivity contribution >= 4 is 33.6 Å². The molecule has 0 aliphatic rings. The quantitative estimate of drug-likeness (QED) is 0.742. The summed E-state index contributed by atoms with van der Waals surface area (Å²) in [4.78, 5) is 0. The Morgan fingerprint density at radius 1 is 1.35 bits per heavy atom. The largest absolute Gasteiger partial charge is 0.493 e. The minimum Gasteiger partial charge on any atom is -0.493 e. The Kier molecular flexibility index (Phi) is 5.86. The van der Waals surface area contributed by atoms with Gasteiger partial charge in [0, 0.05) is 5.33 Å². The zero-order valence-electron chi connectivity index (χ0n) is 10.2. The molecule has 94 valence electrons. The highest BCUT2D eigenvalue weighted by Crippen LogP contribution is 2.38. The summed E-state index contributed by atoms with van der Waals surface area (Å²) in [6, 6.07) is 3.79. The van der Waals surface area contributed by atoms with Crippen LogP contribution in [0.4, 0.5) is 0 Å². The molecule has 0 saturated heterocycles. The molecule has 0 fully saturated rings. The van der Waals surface area contributed by atoms with Gasteiger partial charge in [-0.05, 0) is 24.1 Å². The predicted octanol–water partition coefficient (Wildman–Crippen LogP) is 4.55. The number of hydrogen-bond acceptors (Lipinski definition) is 2. The maximum Gasteiger partial charge on any atom is 0.179 e. The van der Waals surface area contributed by atoms with Gasteiger partial charge in [0.05, 0.1) is 19.2 Å². The molecule has 0 spiro atoms. The Morgan fingerprint density at radius 3 is 2.53 bits per heavy atom. The van der Waals surface area contributed by atoms with Crippen LogP contribution in [0.3, 0.4) is 0 Å². The van der Waals surface area contributed by atoms with Gasteiger partial charge in [-0.25, -0.2) is 0 Å². The van der Waals surface area contributed by atoms with Gasteiger partial charge in [-0.15, -0.1) is 0 Å². The smallest absolute Gasteiger partial charge is 0.179 e. The minimum atomic E-state index is 0.577. The first kappa shape index (κ1) is 14.4. The molecule has 0 saturated carbocycles. The summed E-state index contributed by atoms with van der Waals surface area (Å²) in [7, 11) is 3.18. The summed E-state index contributed by atoms with van der Waals surface area (Å²) in [6.07, 6.45) is 3.05. The van der Waals surface area contributed by atoms with Crippen molar-refractivity contribution < 1.29 is 9.47 Å². The molecule has 0 radical (unpaired) electrons. The lowest BCUT2D eigenvalue weighted by Crippen LogP contribution is -1.93. The number of hydrogen-bond donors (Lipinski definition) is 0. The molecule has 0 aliphatic heterocycles. The van der Waals surface area contributed by atoms with E-state index in [9.17, 15) is 0 Å². The summed E-state index contributed by atoms with van der Waals surface area (Å²) in [5, 5.41) is 1.42. The van der Waals surface area contributed by atoms with Gasteiger partial charge >= 0.3 is 0 Å². The van der Waals surface area contributed by atoms with Gasteiger partial charge < -0.3 is 9.47 Å². The zero-order chi connectivity index (χ0) is 12.8. The third kappa shape index (κ3) is 3.39. The van der Waals surface area contributed by atoms with Crippen molar-refractivity contribution in [3.05, 3.63) is 28.3 Å². The highest BCUT2D eigenvalue weighted by molar-refractivity contribution is 9.09. The van der Waals surface area contributed by atoms with Gasteiger partial charge in [0.15, 0.2) is 11.5 Å². The molecule has 1 rings (SSSR count). The highest BCUT2D eigenvalue weighted by atomic mass is 79.9. The van der Waals surface area contributed by atoms with Gasteiger partial charge in [-0.2, -0.15) is 0 Å². The first-order chi connectivity index (χ1) is 8.17. The second-order valence-corrected chi connectivity index (χ2v) is 4.43. The van der Waals surface area contributed by atoms with E-state index in [1.165, 1.54) is 5.57 Å². The van der Waals surface area contributed by atoms with Crippen LogP contribution in [-0.4, -0.2) is 19.5 Å². The Balaban J connectivity index is 3.23. The van der Waals surface area contributed by atoms with E-state index in [0.29, 0.717) is 16.5 Å². The first-order valence-electron chi connectivity index (χ1n) is 5.33. The van der Waals surface area contributed by atoms with Crippen molar-refractivity contribution in [2.24, 2.45) is 0 Å². The summed E-state index contributed by atoms with van der Waals surface area (Å²) >= 11 is 9.74. The molecule has 1 aromatic rings. The molecule has 1 aromatic carbocycles. The van der Waals surface area contributed by atoms with Crippen LogP contribution in [-0.2, 0) is 0 Å². The van der Waals surface area contributed by atoms with Gasteiger partial charge in [-0.3, -0.25) is 0 Å². The van der Waals surface area contributed by atoms with Gasteiger partial charge in [-0.1, -0.05) is 46.1 Å². The molecule has 0 aromatic heterocycles. The van der Waals surface area contributed by atoms with E-state index >= 15 is 0 Å². The Bertz CT molecular complexity index is 410. The van der Waals surface area contributed by atoms with Crippen LogP contribution in [0, 0.1) is 0 Å². The Morgan fingerprint density at radius 2 is 2.06 bits per heavy atom. The summed E-state index contributed by atoms with van der Waals surface area (Å²) in [6.45, 7) is 2.11. The van der Waals surface area contributed by atoms with Crippen LogP contribution in [0.1, 0.15) is 18.9 Å². The third-order valence-electron chi connectivity index (χ3n) is 2.50. The summed E-state index contributed by atoms with van der Waals surface area (Å²) in [5.74, 6) is 1.22. The van der Waals surface area contributed by atoms with Crippen molar-refractivity contribution in [1.29, 1.82) is 0 Å². The lowest BCUT2D eigenvalue weighted by atomic mass is 10.1. The third-order valence-corrected chi connectivity index (χ3v) is 3.61. The standard InChI is InChI=1S/C13H16BrClO2/c1-4-9(8-14)7-10-5-6-11(16-2)13(17-3)12(10)15/h5-7H,4,8H2,1-3H3. The second-order valence-electron chi connectivity index (χ2n) is 3.49. The number of alkyl halides is 1. The predicted molar refractivity (Wildman–Crippen MR) is 76.6 cm³/mol. The van der Waals surface area contributed by atoms with E-state index in [0.717, 1.165) is 17.3 Å².